The second kappa shape index (κ2) is 8.06. The Bertz CT molecular complexity index is 882. The number of ether oxygens (including phenoxy) is 1. The lowest BCUT2D eigenvalue weighted by Crippen LogP contribution is -2.37. The van der Waals surface area contributed by atoms with Crippen molar-refractivity contribution in [2.24, 2.45) is 12.8 Å². The molecule has 136 valence electrons. The summed E-state index contributed by atoms with van der Waals surface area (Å²) in [7, 11) is 1.68. The zero-order valence-electron chi connectivity index (χ0n) is 13.2. The Morgan fingerprint density at radius 2 is 2.15 bits per heavy atom. The summed E-state index contributed by atoms with van der Waals surface area (Å²) >= 11 is 1.00. The number of nitrogens with two attached hydrogens (primary N) is 1. The van der Waals surface area contributed by atoms with Gasteiger partial charge in [0.2, 0.25) is 0 Å². The smallest absolute Gasteiger partial charge is 0.338 e. The molecule has 0 aliphatic carbocycles. The fraction of sp³-hybridized carbons (Fsp3) is 0.154. The van der Waals surface area contributed by atoms with Gasteiger partial charge in [-0.1, -0.05) is 0 Å². The number of benzene rings is 1. The van der Waals surface area contributed by atoms with E-state index in [0.717, 1.165) is 17.8 Å². The van der Waals surface area contributed by atoms with Crippen molar-refractivity contribution < 1.29 is 24.0 Å². The summed E-state index contributed by atoms with van der Waals surface area (Å²) in [6.45, 7) is -0.759. The molecule has 3 N–H and O–H groups in total. The van der Waals surface area contributed by atoms with Crippen molar-refractivity contribution in [1.82, 2.24) is 20.1 Å². The topological polar surface area (TPSA) is 172 Å². The van der Waals surface area contributed by atoms with Gasteiger partial charge < -0.3 is 15.0 Å². The number of aryl methyl sites for hydroxylation is 1. The molecule has 12 nitrogen and oxygen atoms in total. The fourth-order valence-corrected chi connectivity index (χ4v) is 2.57. The molecule has 1 aromatic heterocycles. The molecule has 0 saturated heterocycles. The molecular weight excluding hydrogens is 368 g/mol. The summed E-state index contributed by atoms with van der Waals surface area (Å²) in [4.78, 5) is 44.5. The number of nitro groups is 1. The minimum absolute atomic E-state index is 0.133. The first kappa shape index (κ1) is 18.9. The first-order valence-corrected chi connectivity index (χ1v) is 7.66. The van der Waals surface area contributed by atoms with Crippen LogP contribution >= 0.6 is 11.8 Å². The SMILES string of the molecule is Cn1cnnc1Sc1ccc(C(=O)OCC(=O)NC(N)=O)cc1[N+](=O)[O-]. The zero-order valence-corrected chi connectivity index (χ0v) is 14.1. The van der Waals surface area contributed by atoms with Crippen molar-refractivity contribution in [2.45, 2.75) is 10.1 Å². The van der Waals surface area contributed by atoms with Crippen molar-refractivity contribution in [1.29, 1.82) is 0 Å². The van der Waals surface area contributed by atoms with E-state index in [0.29, 0.717) is 5.16 Å². The second-order valence-electron chi connectivity index (χ2n) is 4.75. The number of aromatic nitrogens is 3. The normalized spacial score (nSPS) is 10.2. The van der Waals surface area contributed by atoms with E-state index in [1.165, 1.54) is 18.5 Å². The quantitative estimate of drug-likeness (QED) is 0.404. The number of hydrogen-bond donors (Lipinski definition) is 2. The Morgan fingerprint density at radius 3 is 2.73 bits per heavy atom. The summed E-state index contributed by atoms with van der Waals surface area (Å²) < 4.78 is 6.25. The Labute approximate surface area is 149 Å². The molecule has 0 fully saturated rings. The number of amides is 3. The van der Waals surface area contributed by atoms with Crippen molar-refractivity contribution in [3.05, 3.63) is 40.2 Å². The number of rotatable bonds is 6. The molecule has 1 aromatic carbocycles. The second-order valence-corrected chi connectivity index (χ2v) is 5.76. The van der Waals surface area contributed by atoms with Crippen molar-refractivity contribution >= 4 is 35.4 Å². The number of esters is 1. The molecule has 0 aliphatic heterocycles. The number of carbonyl (C=O) groups excluding carboxylic acids is 3. The van der Waals surface area contributed by atoms with Crippen LogP contribution in [0.15, 0.2) is 34.6 Å². The molecule has 2 rings (SSSR count). The average molecular weight is 380 g/mol. The van der Waals surface area contributed by atoms with Gasteiger partial charge in [0.1, 0.15) is 6.33 Å². The molecule has 0 saturated carbocycles. The van der Waals surface area contributed by atoms with Crippen LogP contribution in [-0.4, -0.2) is 44.2 Å². The molecule has 0 bridgehead atoms. The number of nitrogens with zero attached hydrogens (tertiary/aromatic N) is 4. The van der Waals surface area contributed by atoms with E-state index in [4.69, 9.17) is 5.73 Å². The highest BCUT2D eigenvalue weighted by molar-refractivity contribution is 7.99. The number of nitrogens with one attached hydrogen (secondary N) is 1. The summed E-state index contributed by atoms with van der Waals surface area (Å²) in [5.74, 6) is -1.89. The molecule has 0 spiro atoms. The van der Waals surface area contributed by atoms with Crippen LogP contribution in [0.5, 0.6) is 0 Å². The maximum Gasteiger partial charge on any atom is 0.338 e. The standard InChI is InChI=1S/C13H12N6O6S/c1-18-6-15-17-13(18)26-9-3-2-7(4-8(9)19(23)24)11(21)25-5-10(20)16-12(14)22/h2-4,6H,5H2,1H3,(H3,14,16,20,22). The Kier molecular flexibility index (Phi) is 5.85. The number of hydrogen-bond acceptors (Lipinski definition) is 9. The number of urea groups is 1. The Balaban J connectivity index is 2.15. The van der Waals surface area contributed by atoms with Gasteiger partial charge in [0.15, 0.2) is 11.8 Å². The van der Waals surface area contributed by atoms with E-state index in [9.17, 15) is 24.5 Å². The Hall–Kier alpha value is -3.48. The molecule has 26 heavy (non-hydrogen) atoms. The number of nitro benzene ring substituents is 1. The van der Waals surface area contributed by atoms with E-state index in [-0.39, 0.29) is 16.1 Å². The van der Waals surface area contributed by atoms with Gasteiger partial charge in [-0.25, -0.2) is 9.59 Å². The van der Waals surface area contributed by atoms with Crippen molar-refractivity contribution in [3.8, 4) is 0 Å². The number of carbonyl (C=O) groups is 3. The van der Waals surface area contributed by atoms with Gasteiger partial charge in [0, 0.05) is 13.1 Å². The molecular formula is C13H12N6O6S. The maximum atomic E-state index is 11.9. The third-order valence-electron chi connectivity index (χ3n) is 2.86. The third kappa shape index (κ3) is 4.76. The van der Waals surface area contributed by atoms with E-state index in [2.05, 4.69) is 14.9 Å². The number of primary amides is 1. The van der Waals surface area contributed by atoms with Gasteiger partial charge in [0.05, 0.1) is 15.4 Å². The van der Waals surface area contributed by atoms with Crippen LogP contribution in [0.4, 0.5) is 10.5 Å². The third-order valence-corrected chi connectivity index (χ3v) is 3.98. The molecule has 0 unspecified atom stereocenters. The molecule has 3 amide bonds. The van der Waals surface area contributed by atoms with E-state index in [1.807, 2.05) is 0 Å². The monoisotopic (exact) mass is 380 g/mol. The first-order valence-electron chi connectivity index (χ1n) is 6.84. The summed E-state index contributed by atoms with van der Waals surface area (Å²) in [5.41, 5.74) is 4.27. The predicted octanol–water partition coefficient (Wildman–Crippen LogP) is 0.226. The van der Waals surface area contributed by atoms with Crippen LogP contribution in [0.1, 0.15) is 10.4 Å². The average Bonchev–Trinajstić information content (AvgIpc) is 2.97. The van der Waals surface area contributed by atoms with Crippen LogP contribution in [-0.2, 0) is 16.6 Å². The van der Waals surface area contributed by atoms with Crippen LogP contribution in [0.2, 0.25) is 0 Å². The number of imide groups is 1. The van der Waals surface area contributed by atoms with Crippen LogP contribution in [0.3, 0.4) is 0 Å². The van der Waals surface area contributed by atoms with Gasteiger partial charge in [-0.2, -0.15) is 0 Å². The van der Waals surface area contributed by atoms with Crippen molar-refractivity contribution in [2.75, 3.05) is 6.61 Å². The van der Waals surface area contributed by atoms with Gasteiger partial charge in [0.25, 0.3) is 11.6 Å². The highest BCUT2D eigenvalue weighted by Gasteiger charge is 2.21. The molecule has 0 atom stereocenters. The Morgan fingerprint density at radius 1 is 1.42 bits per heavy atom. The molecule has 13 heteroatoms. The lowest BCUT2D eigenvalue weighted by atomic mass is 10.2. The van der Waals surface area contributed by atoms with Crippen LogP contribution in [0, 0.1) is 10.1 Å². The minimum Gasteiger partial charge on any atom is -0.452 e. The summed E-state index contributed by atoms with van der Waals surface area (Å²) in [6.07, 6.45) is 1.44. The zero-order chi connectivity index (χ0) is 19.3. The fourth-order valence-electron chi connectivity index (χ4n) is 1.72. The highest BCUT2D eigenvalue weighted by Crippen LogP contribution is 2.34. The van der Waals surface area contributed by atoms with Gasteiger partial charge in [-0.15, -0.1) is 10.2 Å². The van der Waals surface area contributed by atoms with Gasteiger partial charge in [-0.3, -0.25) is 20.2 Å². The molecule has 0 aliphatic rings. The van der Waals surface area contributed by atoms with E-state index < -0.39 is 29.4 Å². The maximum absolute atomic E-state index is 11.9. The molecule has 1 heterocycles. The van der Waals surface area contributed by atoms with Gasteiger partial charge >= 0.3 is 12.0 Å². The van der Waals surface area contributed by atoms with E-state index >= 15 is 0 Å². The molecule has 2 aromatic rings. The summed E-state index contributed by atoms with van der Waals surface area (Å²) in [5, 5.41) is 20.9. The lowest BCUT2D eigenvalue weighted by molar-refractivity contribution is -0.387. The largest absolute Gasteiger partial charge is 0.452 e. The van der Waals surface area contributed by atoms with Crippen LogP contribution < -0.4 is 11.1 Å². The van der Waals surface area contributed by atoms with Gasteiger partial charge in [-0.05, 0) is 23.9 Å². The minimum atomic E-state index is -1.09. The summed E-state index contributed by atoms with van der Waals surface area (Å²) in [6, 6.07) is 2.59. The van der Waals surface area contributed by atoms with Crippen molar-refractivity contribution in [3.63, 3.8) is 0 Å². The molecule has 0 radical (unpaired) electrons. The predicted molar refractivity (Wildman–Crippen MR) is 86.2 cm³/mol. The van der Waals surface area contributed by atoms with E-state index in [1.54, 1.807) is 16.9 Å². The first-order chi connectivity index (χ1) is 12.3. The lowest BCUT2D eigenvalue weighted by Gasteiger charge is -2.06. The highest BCUT2D eigenvalue weighted by atomic mass is 32.2. The van der Waals surface area contributed by atoms with Crippen LogP contribution in [0.25, 0.3) is 0 Å².